The fraction of sp³-hybridized carbons (Fsp3) is 0.357. The molecule has 12 aromatic rings. The van der Waals surface area contributed by atoms with Crippen LogP contribution in [0, 0.1) is 156 Å². The second kappa shape index (κ2) is 52.4. The van der Waals surface area contributed by atoms with Gasteiger partial charge in [0, 0.05) is 205 Å². The number of aliphatic hydroxyl groups is 4. The molecule has 0 fully saturated rings. The molecule has 0 aliphatic carbocycles. The number of aryl methyl sites for hydroxylation is 6. The first-order valence-electron chi connectivity index (χ1n) is 43.4. The molecule has 0 amide bonds. The first-order chi connectivity index (χ1) is 61.4. The monoisotopic (exact) mass is 2610 g/mol. The van der Waals surface area contributed by atoms with Crippen LogP contribution in [0.3, 0.4) is 0 Å². The molecule has 0 aliphatic heterocycles. The molecule has 14 nitrogen and oxygen atoms in total. The Bertz CT molecular complexity index is 6150. The maximum Gasteiger partial charge on any atom is 0.164 e. The second-order valence-electron chi connectivity index (χ2n) is 40.9. The van der Waals surface area contributed by atoms with Crippen molar-refractivity contribution in [3.63, 3.8) is 0 Å². The summed E-state index contributed by atoms with van der Waals surface area (Å²) in [5.74, 6) is -5.47. The Morgan fingerprint density at radius 2 is 0.587 bits per heavy atom. The number of benzene rings is 8. The van der Waals surface area contributed by atoms with E-state index >= 15 is 0 Å². The number of rotatable bonds is 10. The zero-order valence-electron chi connectivity index (χ0n) is 84.6. The number of ketones is 4. The van der Waals surface area contributed by atoms with Crippen LogP contribution in [0.5, 0.6) is 11.5 Å². The smallest absolute Gasteiger partial charge is 0.164 e. The molecule has 4 heterocycles. The molecule has 4 radical (unpaired) electrons. The van der Waals surface area contributed by atoms with Gasteiger partial charge in [0.1, 0.15) is 28.8 Å². The summed E-state index contributed by atoms with van der Waals surface area (Å²) in [6, 6.07) is 50.9. The van der Waals surface area contributed by atoms with Crippen LogP contribution < -0.4 is 9.47 Å². The van der Waals surface area contributed by atoms with Crippen LogP contribution in [0.1, 0.15) is 200 Å². The third-order valence-corrected chi connectivity index (χ3v) is 20.2. The fourth-order valence-corrected chi connectivity index (χ4v) is 11.1. The Labute approximate surface area is 863 Å². The van der Waals surface area contributed by atoms with Crippen LogP contribution in [0.15, 0.2) is 193 Å². The molecule has 4 aromatic heterocycles. The SMILES string of the molecule is CC(C)(C)C(=O)C=C(O)C(C)(C)C.CC(C)(C)C(=O)C=C(O)C(C)(C)C.CC(C)(C)C(=O)C=C(O)C(C)(C)C.CC(C)(C)C(=O)C=C(O)C(C)(C)C.COc1cc2cc(F)c(F)cc2nc1-c1[c-]c(C)cc(C)c1.COc1cc[c-]c(-c2ccc3cc(F)c(F)cc3n2)c1.Cc1[c-]c(-c2ccc3cc(F)c(F)cc3n2)cc(C)c1.Cc1c[c-]c(-c2ccc3cc(F)c(F)cc3n2)cc1C.[Ir].[Ir].[Ir].[Ir]. The average molecular weight is 2610 g/mol. The number of hydrogen-bond donors (Lipinski definition) is 4. The van der Waals surface area contributed by atoms with Gasteiger partial charge < -0.3 is 29.9 Å². The van der Waals surface area contributed by atoms with Crippen molar-refractivity contribution in [2.45, 2.75) is 208 Å². The quantitative estimate of drug-likeness (QED) is 0.0433. The van der Waals surface area contributed by atoms with Crippen LogP contribution in [0.2, 0.25) is 0 Å². The van der Waals surface area contributed by atoms with E-state index in [9.17, 15) is 74.7 Å². The maximum absolute atomic E-state index is 13.4. The van der Waals surface area contributed by atoms with Gasteiger partial charge in [-0.1, -0.05) is 244 Å². The molecule has 0 atom stereocenters. The fourth-order valence-electron chi connectivity index (χ4n) is 11.1. The van der Waals surface area contributed by atoms with E-state index in [1.54, 1.807) is 67.8 Å². The number of methoxy groups -OCH3 is 2. The zero-order valence-corrected chi connectivity index (χ0v) is 94.1. The molecule has 8 aromatic carbocycles. The largest absolute Gasteiger partial charge is 0.516 e. The van der Waals surface area contributed by atoms with Crippen molar-refractivity contribution in [3.8, 4) is 56.5 Å². The molecule has 0 bridgehead atoms. The molecule has 4 N–H and O–H groups in total. The van der Waals surface area contributed by atoms with Gasteiger partial charge in [0.2, 0.25) is 0 Å². The number of nitrogens with zero attached hydrogens (tertiary/aromatic N) is 4. The minimum absolute atomic E-state index is 0. The Morgan fingerprint density at radius 1 is 0.304 bits per heavy atom. The number of fused-ring (bicyclic) bond motifs is 4. The molecule has 12 rings (SSSR count). The molecular formula is C112H128F8Ir4N4O10-4. The molecule has 0 unspecified atom stereocenters. The topological polar surface area (TPSA) is 219 Å². The second-order valence-corrected chi connectivity index (χ2v) is 40.9. The summed E-state index contributed by atoms with van der Waals surface area (Å²) in [4.78, 5) is 63.5. The van der Waals surface area contributed by atoms with Crippen molar-refractivity contribution in [1.29, 1.82) is 0 Å². The van der Waals surface area contributed by atoms with Gasteiger partial charge in [-0.2, -0.15) is 0 Å². The Morgan fingerprint density at radius 3 is 0.877 bits per heavy atom. The predicted molar refractivity (Wildman–Crippen MR) is 524 cm³/mol. The number of ether oxygens (including phenoxy) is 2. The minimum atomic E-state index is -0.916. The molecule has 26 heteroatoms. The summed E-state index contributed by atoms with van der Waals surface area (Å²) < 4.78 is 117. The van der Waals surface area contributed by atoms with E-state index in [-0.39, 0.29) is 148 Å². The van der Waals surface area contributed by atoms with Crippen molar-refractivity contribution in [2.75, 3.05) is 14.2 Å². The first-order valence-corrected chi connectivity index (χ1v) is 43.4. The summed E-state index contributed by atoms with van der Waals surface area (Å²) >= 11 is 0. The summed E-state index contributed by atoms with van der Waals surface area (Å²) in [5, 5.41) is 40.4. The van der Waals surface area contributed by atoms with Crippen LogP contribution >= 0.6 is 0 Å². The molecule has 0 spiro atoms. The van der Waals surface area contributed by atoms with Gasteiger partial charge >= 0.3 is 0 Å². The number of allylic oxidation sites excluding steroid dienone is 8. The van der Waals surface area contributed by atoms with Gasteiger partial charge in [-0.3, -0.25) is 39.1 Å². The van der Waals surface area contributed by atoms with E-state index in [0.717, 1.165) is 104 Å². The summed E-state index contributed by atoms with van der Waals surface area (Å²) in [5.41, 5.74) is 10.9. The van der Waals surface area contributed by atoms with Crippen molar-refractivity contribution in [2.24, 2.45) is 43.3 Å². The van der Waals surface area contributed by atoms with Crippen molar-refractivity contribution in [3.05, 3.63) is 297 Å². The molecule has 0 saturated carbocycles. The Balaban J connectivity index is 0.000000794. The van der Waals surface area contributed by atoms with Gasteiger partial charge in [0.25, 0.3) is 0 Å². The number of carbonyl (C=O) groups excluding carboxylic acids is 4. The maximum atomic E-state index is 13.4. The van der Waals surface area contributed by atoms with E-state index in [1.807, 2.05) is 244 Å². The van der Waals surface area contributed by atoms with Gasteiger partial charge in [0.15, 0.2) is 69.7 Å². The summed E-state index contributed by atoms with van der Waals surface area (Å²) in [7, 11) is 3.10. The first kappa shape index (κ1) is 126. The Kier molecular flexibility index (Phi) is 47.8. The van der Waals surface area contributed by atoms with Crippen LogP contribution in [-0.4, -0.2) is 77.7 Å². The molecule has 138 heavy (non-hydrogen) atoms. The van der Waals surface area contributed by atoms with Crippen molar-refractivity contribution < 1.29 is 165 Å². The molecule has 0 saturated heterocycles. The molecule has 0 aliphatic rings. The van der Waals surface area contributed by atoms with E-state index < -0.39 is 68.2 Å². The third kappa shape index (κ3) is 39.2. The van der Waals surface area contributed by atoms with Crippen LogP contribution in [0.4, 0.5) is 35.1 Å². The van der Waals surface area contributed by atoms with Gasteiger partial charge in [-0.05, 0) is 47.4 Å². The van der Waals surface area contributed by atoms with Crippen molar-refractivity contribution >= 4 is 66.7 Å². The number of hydrogen-bond acceptors (Lipinski definition) is 14. The normalized spacial score (nSPS) is 11.9. The van der Waals surface area contributed by atoms with E-state index in [1.165, 1.54) is 31.4 Å². The minimum Gasteiger partial charge on any atom is -0.516 e. The molecule has 752 valence electrons. The van der Waals surface area contributed by atoms with Gasteiger partial charge in [-0.15, -0.1) is 134 Å². The standard InChI is InChI=1S/C18H14F2NO.2C17H12F2N.C16H10F2NO.4C11H20O2.4Ir/c1-10-4-11(2)6-13(5-10)18-17(22-3)8-12-7-14(19)15(20)9-16(12)21-18;1-10-5-11(2)7-13(6-10)16-4-3-12-8-14(18)15(19)9-17(12)20-16;1-10-3-4-12(7-11(10)2)16-6-5-13-8-14(18)15(19)9-17(13)20-16;1-20-12-4-2-3-10(7-12)15-6-5-11-8-13(17)14(18)9-16(11)19-15;4*1-10(2,3)8(12)7-9(13)11(4,5)6;;;;/h4-5,7-9H,1-3H3;3-6,8-9H,1-2H3;3,5-9H,1-2H3;2,4-9H,1H3;4*7,12H,1-6H3;;;;/q4*-1;;;;;;;;. The van der Waals surface area contributed by atoms with Crippen LogP contribution in [-0.2, 0) is 99.6 Å². The number of aromatic nitrogens is 4. The summed E-state index contributed by atoms with van der Waals surface area (Å²) in [6.07, 6.45) is 5.33. The number of pyridine rings is 4. The van der Waals surface area contributed by atoms with Gasteiger partial charge in [-0.25, -0.2) is 35.1 Å². The number of halogens is 8. The van der Waals surface area contributed by atoms with Gasteiger partial charge in [0.05, 0.1) is 36.3 Å². The average Bonchev–Trinajstić information content (AvgIpc) is 0.776. The molecular weight excluding hydrogens is 2480 g/mol. The zero-order chi connectivity index (χ0) is 102. The van der Waals surface area contributed by atoms with E-state index in [4.69, 9.17) is 9.47 Å². The van der Waals surface area contributed by atoms with Crippen molar-refractivity contribution in [1.82, 2.24) is 19.9 Å². The predicted octanol–water partition coefficient (Wildman–Crippen LogP) is 30.1. The number of carbonyl (C=O) groups is 4. The van der Waals surface area contributed by atoms with E-state index in [2.05, 4.69) is 44.2 Å². The number of aliphatic hydroxyl groups excluding tert-OH is 4. The Hall–Kier alpha value is -10.1. The van der Waals surface area contributed by atoms with Crippen LogP contribution in [0.25, 0.3) is 88.6 Å². The van der Waals surface area contributed by atoms with E-state index in [0.29, 0.717) is 77.9 Å². The summed E-state index contributed by atoms with van der Waals surface area (Å²) in [6.45, 7) is 56.4. The third-order valence-electron chi connectivity index (χ3n) is 20.2.